The lowest BCUT2D eigenvalue weighted by Crippen LogP contribution is -1.82. The summed E-state index contributed by atoms with van der Waals surface area (Å²) in [5.74, 6) is 0.472. The van der Waals surface area contributed by atoms with E-state index < -0.39 is 0 Å². The molecule has 1 aromatic rings. The van der Waals surface area contributed by atoms with Crippen molar-refractivity contribution in [1.29, 1.82) is 0 Å². The summed E-state index contributed by atoms with van der Waals surface area (Å²) in [7, 11) is 0. The van der Waals surface area contributed by atoms with Crippen LogP contribution in [0.4, 0.5) is 5.82 Å². The van der Waals surface area contributed by atoms with Crippen LogP contribution in [0.2, 0.25) is 0 Å². The summed E-state index contributed by atoms with van der Waals surface area (Å²) in [6, 6.07) is 0. The van der Waals surface area contributed by atoms with Crippen LogP contribution in [0.25, 0.3) is 0 Å². The van der Waals surface area contributed by atoms with E-state index in [1.54, 1.807) is 0 Å². The molecule has 11 heavy (non-hydrogen) atoms. The summed E-state index contributed by atoms with van der Waals surface area (Å²) in [6.07, 6.45) is 0.948. The highest BCUT2D eigenvalue weighted by molar-refractivity contribution is 5.47. The predicted octanol–water partition coefficient (Wildman–Crippen LogP) is 2.59. The molecule has 0 saturated heterocycles. The highest BCUT2D eigenvalue weighted by atomic mass is 16.3. The molecule has 1 rings (SSSR count). The molecule has 0 aliphatic heterocycles. The lowest BCUT2D eigenvalue weighted by atomic mass is 10.1. The molecule has 0 fully saturated rings. The SMILES string of the molecule is CCc1c(C)[nH]c(N=O)c1C. The monoisotopic (exact) mass is 152 g/mol. The molecule has 0 aliphatic carbocycles. The first-order valence-corrected chi connectivity index (χ1v) is 3.72. The summed E-state index contributed by atoms with van der Waals surface area (Å²) in [5.41, 5.74) is 3.25. The van der Waals surface area contributed by atoms with Crippen molar-refractivity contribution in [2.75, 3.05) is 0 Å². The Bertz CT molecular complexity index is 276. The molecule has 0 amide bonds. The number of nitrogens with zero attached hydrogens (tertiary/aromatic N) is 1. The van der Waals surface area contributed by atoms with Gasteiger partial charge < -0.3 is 4.98 Å². The number of hydrogen-bond donors (Lipinski definition) is 1. The Hall–Kier alpha value is -1.12. The Balaban J connectivity index is 3.24. The summed E-state index contributed by atoms with van der Waals surface area (Å²) < 4.78 is 0. The number of aromatic amines is 1. The number of H-pyrrole nitrogens is 1. The molecule has 0 atom stereocenters. The Morgan fingerprint density at radius 3 is 2.36 bits per heavy atom. The molecule has 0 aromatic carbocycles. The Morgan fingerprint density at radius 2 is 2.09 bits per heavy atom. The lowest BCUT2D eigenvalue weighted by molar-refractivity contribution is 1.08. The van der Waals surface area contributed by atoms with Gasteiger partial charge in [0.2, 0.25) is 0 Å². The summed E-state index contributed by atoms with van der Waals surface area (Å²) in [6.45, 7) is 5.94. The van der Waals surface area contributed by atoms with Gasteiger partial charge in [-0.1, -0.05) is 6.92 Å². The second-order valence-corrected chi connectivity index (χ2v) is 2.65. The van der Waals surface area contributed by atoms with Gasteiger partial charge in [-0.2, -0.15) is 0 Å². The van der Waals surface area contributed by atoms with Gasteiger partial charge in [-0.25, -0.2) is 0 Å². The van der Waals surface area contributed by atoms with Crippen LogP contribution in [0.1, 0.15) is 23.7 Å². The van der Waals surface area contributed by atoms with Gasteiger partial charge in [0.15, 0.2) is 5.82 Å². The van der Waals surface area contributed by atoms with Gasteiger partial charge in [-0.3, -0.25) is 0 Å². The van der Waals surface area contributed by atoms with Gasteiger partial charge in [-0.15, -0.1) is 4.91 Å². The van der Waals surface area contributed by atoms with Crippen LogP contribution in [-0.4, -0.2) is 4.98 Å². The highest BCUT2D eigenvalue weighted by Crippen LogP contribution is 2.24. The minimum Gasteiger partial charge on any atom is -0.341 e. The molecule has 0 aliphatic rings. The van der Waals surface area contributed by atoms with Gasteiger partial charge in [0.05, 0.1) is 0 Å². The fraction of sp³-hybridized carbons (Fsp3) is 0.500. The first-order valence-electron chi connectivity index (χ1n) is 3.72. The van der Waals surface area contributed by atoms with Gasteiger partial charge in [-0.05, 0) is 31.0 Å². The quantitative estimate of drug-likeness (QED) is 0.650. The van der Waals surface area contributed by atoms with E-state index in [2.05, 4.69) is 17.1 Å². The fourth-order valence-corrected chi connectivity index (χ4v) is 1.39. The maximum absolute atomic E-state index is 10.2. The van der Waals surface area contributed by atoms with E-state index in [9.17, 15) is 4.91 Å². The minimum absolute atomic E-state index is 0.472. The molecule has 3 nitrogen and oxygen atoms in total. The van der Waals surface area contributed by atoms with Crippen molar-refractivity contribution in [3.05, 3.63) is 21.7 Å². The largest absolute Gasteiger partial charge is 0.341 e. The van der Waals surface area contributed by atoms with Crippen LogP contribution in [0.5, 0.6) is 0 Å². The number of nitrogens with one attached hydrogen (secondary N) is 1. The Labute approximate surface area is 65.8 Å². The van der Waals surface area contributed by atoms with Crippen molar-refractivity contribution >= 4 is 5.82 Å². The van der Waals surface area contributed by atoms with E-state index in [-0.39, 0.29) is 0 Å². The molecule has 0 radical (unpaired) electrons. The van der Waals surface area contributed by atoms with E-state index in [0.717, 1.165) is 17.7 Å². The molecular weight excluding hydrogens is 140 g/mol. The van der Waals surface area contributed by atoms with Gasteiger partial charge in [0.1, 0.15) is 0 Å². The molecule has 0 saturated carbocycles. The van der Waals surface area contributed by atoms with Crippen molar-refractivity contribution < 1.29 is 0 Å². The topological polar surface area (TPSA) is 45.2 Å². The molecule has 3 heteroatoms. The summed E-state index contributed by atoms with van der Waals surface area (Å²) in [4.78, 5) is 13.2. The molecular formula is C8H12N2O. The van der Waals surface area contributed by atoms with E-state index in [4.69, 9.17) is 0 Å². The predicted molar refractivity (Wildman–Crippen MR) is 45.1 cm³/mol. The van der Waals surface area contributed by atoms with Crippen molar-refractivity contribution in [3.8, 4) is 0 Å². The molecule has 1 aromatic heterocycles. The number of aryl methyl sites for hydroxylation is 1. The Kier molecular flexibility index (Phi) is 2.08. The normalized spacial score (nSPS) is 10.1. The number of hydrogen-bond acceptors (Lipinski definition) is 2. The van der Waals surface area contributed by atoms with E-state index >= 15 is 0 Å². The Morgan fingerprint density at radius 1 is 1.45 bits per heavy atom. The van der Waals surface area contributed by atoms with E-state index in [0.29, 0.717) is 5.82 Å². The average Bonchev–Trinajstić information content (AvgIpc) is 2.26. The zero-order valence-corrected chi connectivity index (χ0v) is 7.06. The maximum Gasteiger partial charge on any atom is 0.178 e. The first-order chi connectivity index (χ1) is 5.20. The highest BCUT2D eigenvalue weighted by Gasteiger charge is 2.08. The van der Waals surface area contributed by atoms with Gasteiger partial charge in [0.25, 0.3) is 0 Å². The van der Waals surface area contributed by atoms with Crippen molar-refractivity contribution in [3.63, 3.8) is 0 Å². The molecule has 0 spiro atoms. The van der Waals surface area contributed by atoms with Crippen molar-refractivity contribution in [1.82, 2.24) is 4.98 Å². The maximum atomic E-state index is 10.2. The van der Waals surface area contributed by atoms with Crippen molar-refractivity contribution in [2.45, 2.75) is 27.2 Å². The van der Waals surface area contributed by atoms with Crippen LogP contribution < -0.4 is 0 Å². The zero-order chi connectivity index (χ0) is 8.43. The second-order valence-electron chi connectivity index (χ2n) is 2.65. The molecule has 0 bridgehead atoms. The zero-order valence-electron chi connectivity index (χ0n) is 7.06. The first kappa shape index (κ1) is 7.98. The summed E-state index contributed by atoms with van der Waals surface area (Å²) >= 11 is 0. The van der Waals surface area contributed by atoms with E-state index in [1.807, 2.05) is 13.8 Å². The third-order valence-electron chi connectivity index (χ3n) is 2.01. The van der Waals surface area contributed by atoms with Crippen molar-refractivity contribution in [2.24, 2.45) is 5.18 Å². The molecule has 0 unspecified atom stereocenters. The average molecular weight is 152 g/mol. The molecule has 1 heterocycles. The summed E-state index contributed by atoms with van der Waals surface area (Å²) in [5, 5.41) is 2.89. The standard InChI is InChI=1S/C8H12N2O/c1-4-7-5(2)8(10-11)9-6(7)3/h9H,4H2,1-3H3. The van der Waals surface area contributed by atoms with Crippen LogP contribution in [-0.2, 0) is 6.42 Å². The third kappa shape index (κ3) is 1.18. The van der Waals surface area contributed by atoms with Gasteiger partial charge >= 0.3 is 0 Å². The lowest BCUT2D eigenvalue weighted by Gasteiger charge is -1.93. The van der Waals surface area contributed by atoms with E-state index in [1.165, 1.54) is 5.56 Å². The van der Waals surface area contributed by atoms with Crippen LogP contribution >= 0.6 is 0 Å². The minimum atomic E-state index is 0.472. The van der Waals surface area contributed by atoms with Gasteiger partial charge in [0, 0.05) is 11.3 Å². The second kappa shape index (κ2) is 2.86. The van der Waals surface area contributed by atoms with Crippen LogP contribution in [0.3, 0.4) is 0 Å². The number of nitroso groups, excluding NO2 is 1. The van der Waals surface area contributed by atoms with Crippen LogP contribution in [0.15, 0.2) is 5.18 Å². The third-order valence-corrected chi connectivity index (χ3v) is 2.01. The smallest absolute Gasteiger partial charge is 0.178 e. The number of rotatable bonds is 2. The molecule has 1 N–H and O–H groups in total. The molecule has 60 valence electrons. The number of aromatic nitrogens is 1. The van der Waals surface area contributed by atoms with Crippen LogP contribution in [0, 0.1) is 18.8 Å². The fourth-order valence-electron chi connectivity index (χ4n) is 1.39.